The Morgan fingerprint density at radius 3 is 2.85 bits per heavy atom. The molecule has 1 aromatic rings. The third kappa shape index (κ3) is 4.50. The molecular formula is C16H25ClN2O. The van der Waals surface area contributed by atoms with E-state index in [4.69, 9.17) is 0 Å². The zero-order valence-electron chi connectivity index (χ0n) is 12.2. The topological polar surface area (TPSA) is 41.1 Å². The van der Waals surface area contributed by atoms with Crippen LogP contribution in [-0.4, -0.2) is 25.5 Å². The van der Waals surface area contributed by atoms with Gasteiger partial charge in [0.2, 0.25) is 5.91 Å². The Morgan fingerprint density at radius 2 is 2.05 bits per heavy atom. The van der Waals surface area contributed by atoms with Crippen LogP contribution in [0.3, 0.4) is 0 Å². The first-order valence-corrected chi connectivity index (χ1v) is 7.39. The van der Waals surface area contributed by atoms with E-state index in [9.17, 15) is 4.79 Å². The molecule has 1 unspecified atom stereocenters. The van der Waals surface area contributed by atoms with Crippen molar-refractivity contribution in [1.29, 1.82) is 0 Å². The van der Waals surface area contributed by atoms with Crippen LogP contribution >= 0.6 is 12.4 Å². The molecule has 0 fully saturated rings. The Bertz CT molecular complexity index is 423. The van der Waals surface area contributed by atoms with Crippen molar-refractivity contribution in [2.45, 2.75) is 38.5 Å². The average Bonchev–Trinajstić information content (AvgIpc) is 2.46. The fourth-order valence-electron chi connectivity index (χ4n) is 2.73. The molecule has 0 saturated heterocycles. The summed E-state index contributed by atoms with van der Waals surface area (Å²) in [6, 6.07) is 8.35. The Balaban J connectivity index is 0.00000200. The van der Waals surface area contributed by atoms with Gasteiger partial charge in [-0.05, 0) is 43.4 Å². The molecule has 3 nitrogen and oxygen atoms in total. The summed E-state index contributed by atoms with van der Waals surface area (Å²) in [4.78, 5) is 12.3. The van der Waals surface area contributed by atoms with Crippen LogP contribution < -0.4 is 10.6 Å². The molecule has 1 atom stereocenters. The van der Waals surface area contributed by atoms with Crippen LogP contribution in [0.5, 0.6) is 0 Å². The SMILES string of the molecule is CCCNCCNC(=O)C1CCCc2ccccc21.Cl. The summed E-state index contributed by atoms with van der Waals surface area (Å²) >= 11 is 0. The van der Waals surface area contributed by atoms with E-state index in [1.807, 2.05) is 6.07 Å². The van der Waals surface area contributed by atoms with E-state index >= 15 is 0 Å². The summed E-state index contributed by atoms with van der Waals surface area (Å²) in [7, 11) is 0. The summed E-state index contributed by atoms with van der Waals surface area (Å²) in [5.74, 6) is 0.238. The Hall–Kier alpha value is -1.06. The fourth-order valence-corrected chi connectivity index (χ4v) is 2.73. The molecule has 0 radical (unpaired) electrons. The van der Waals surface area contributed by atoms with Crippen molar-refractivity contribution < 1.29 is 4.79 Å². The molecule has 4 heteroatoms. The van der Waals surface area contributed by atoms with Crippen molar-refractivity contribution in [2.24, 2.45) is 0 Å². The van der Waals surface area contributed by atoms with Crippen molar-refractivity contribution in [3.05, 3.63) is 35.4 Å². The lowest BCUT2D eigenvalue weighted by Crippen LogP contribution is -2.36. The van der Waals surface area contributed by atoms with Gasteiger partial charge in [0.15, 0.2) is 0 Å². The monoisotopic (exact) mass is 296 g/mol. The van der Waals surface area contributed by atoms with E-state index in [1.165, 1.54) is 11.1 Å². The van der Waals surface area contributed by atoms with Gasteiger partial charge >= 0.3 is 0 Å². The minimum Gasteiger partial charge on any atom is -0.354 e. The number of halogens is 1. The molecule has 1 aromatic carbocycles. The molecule has 2 N–H and O–H groups in total. The second-order valence-corrected chi connectivity index (χ2v) is 5.18. The second kappa shape index (κ2) is 8.98. The minimum atomic E-state index is 0. The van der Waals surface area contributed by atoms with E-state index in [-0.39, 0.29) is 24.2 Å². The van der Waals surface area contributed by atoms with E-state index in [0.29, 0.717) is 0 Å². The number of hydrogen-bond donors (Lipinski definition) is 2. The van der Waals surface area contributed by atoms with Crippen molar-refractivity contribution in [3.63, 3.8) is 0 Å². The maximum atomic E-state index is 12.3. The molecule has 2 rings (SSSR count). The summed E-state index contributed by atoms with van der Waals surface area (Å²) in [6.07, 6.45) is 4.33. The van der Waals surface area contributed by atoms with Gasteiger partial charge in [0.1, 0.15) is 0 Å². The highest BCUT2D eigenvalue weighted by Crippen LogP contribution is 2.31. The number of hydrogen-bond acceptors (Lipinski definition) is 2. The van der Waals surface area contributed by atoms with Crippen LogP contribution in [0.15, 0.2) is 24.3 Å². The summed E-state index contributed by atoms with van der Waals surface area (Å²) in [5.41, 5.74) is 2.57. The lowest BCUT2D eigenvalue weighted by atomic mass is 9.82. The van der Waals surface area contributed by atoms with Gasteiger partial charge in [0.25, 0.3) is 0 Å². The Labute approximate surface area is 127 Å². The highest BCUT2D eigenvalue weighted by Gasteiger charge is 2.25. The van der Waals surface area contributed by atoms with Crippen LogP contribution in [0.2, 0.25) is 0 Å². The highest BCUT2D eigenvalue weighted by atomic mass is 35.5. The van der Waals surface area contributed by atoms with Gasteiger partial charge in [-0.3, -0.25) is 4.79 Å². The van der Waals surface area contributed by atoms with Gasteiger partial charge in [0, 0.05) is 13.1 Å². The zero-order chi connectivity index (χ0) is 13.5. The average molecular weight is 297 g/mol. The quantitative estimate of drug-likeness (QED) is 0.793. The molecule has 1 aliphatic rings. The van der Waals surface area contributed by atoms with Crippen LogP contribution in [0.25, 0.3) is 0 Å². The zero-order valence-corrected chi connectivity index (χ0v) is 13.0. The maximum absolute atomic E-state index is 12.3. The van der Waals surface area contributed by atoms with Crippen LogP contribution in [0.4, 0.5) is 0 Å². The number of carbonyl (C=O) groups excluding carboxylic acids is 1. The van der Waals surface area contributed by atoms with Gasteiger partial charge in [-0.2, -0.15) is 0 Å². The molecule has 0 aromatic heterocycles. The van der Waals surface area contributed by atoms with Crippen molar-refractivity contribution >= 4 is 18.3 Å². The molecule has 0 bridgehead atoms. The lowest BCUT2D eigenvalue weighted by molar-refractivity contribution is -0.122. The molecule has 0 heterocycles. The standard InChI is InChI=1S/C16H24N2O.ClH/c1-2-10-17-11-12-18-16(19)15-9-5-7-13-6-3-4-8-14(13)15;/h3-4,6,8,15,17H,2,5,7,9-12H2,1H3,(H,18,19);1H. The first-order chi connectivity index (χ1) is 9.33. The van der Waals surface area contributed by atoms with Crippen LogP contribution in [0.1, 0.15) is 43.2 Å². The smallest absolute Gasteiger partial charge is 0.227 e. The molecule has 1 aliphatic carbocycles. The summed E-state index contributed by atoms with van der Waals surface area (Å²) in [5, 5.41) is 6.35. The van der Waals surface area contributed by atoms with Crippen molar-refractivity contribution in [2.75, 3.05) is 19.6 Å². The van der Waals surface area contributed by atoms with E-state index in [2.05, 4.69) is 35.8 Å². The number of rotatable bonds is 6. The molecule has 1 amide bonds. The molecule has 20 heavy (non-hydrogen) atoms. The van der Waals surface area contributed by atoms with E-state index in [1.54, 1.807) is 0 Å². The number of amides is 1. The predicted molar refractivity (Wildman–Crippen MR) is 85.5 cm³/mol. The van der Waals surface area contributed by atoms with Gasteiger partial charge < -0.3 is 10.6 Å². The lowest BCUT2D eigenvalue weighted by Gasteiger charge is -2.24. The number of benzene rings is 1. The van der Waals surface area contributed by atoms with Crippen molar-refractivity contribution in [3.8, 4) is 0 Å². The molecule has 0 spiro atoms. The van der Waals surface area contributed by atoms with Crippen LogP contribution in [0, 0.1) is 0 Å². The third-order valence-corrected chi connectivity index (χ3v) is 3.71. The predicted octanol–water partition coefficient (Wildman–Crippen LogP) is 2.64. The van der Waals surface area contributed by atoms with Gasteiger partial charge in [-0.25, -0.2) is 0 Å². The highest BCUT2D eigenvalue weighted by molar-refractivity contribution is 5.85. The summed E-state index contributed by atoms with van der Waals surface area (Å²) < 4.78 is 0. The largest absolute Gasteiger partial charge is 0.354 e. The minimum absolute atomic E-state index is 0. The van der Waals surface area contributed by atoms with E-state index < -0.39 is 0 Å². The van der Waals surface area contributed by atoms with Crippen LogP contribution in [-0.2, 0) is 11.2 Å². The first kappa shape index (κ1) is 17.0. The number of fused-ring (bicyclic) bond motifs is 1. The second-order valence-electron chi connectivity index (χ2n) is 5.18. The van der Waals surface area contributed by atoms with Crippen molar-refractivity contribution in [1.82, 2.24) is 10.6 Å². The Morgan fingerprint density at radius 1 is 1.25 bits per heavy atom. The molecule has 0 aliphatic heterocycles. The maximum Gasteiger partial charge on any atom is 0.227 e. The van der Waals surface area contributed by atoms with Gasteiger partial charge in [-0.15, -0.1) is 12.4 Å². The third-order valence-electron chi connectivity index (χ3n) is 3.71. The number of nitrogens with one attached hydrogen (secondary N) is 2. The van der Waals surface area contributed by atoms with Gasteiger partial charge in [-0.1, -0.05) is 31.2 Å². The normalized spacial score (nSPS) is 16.9. The Kier molecular flexibility index (Phi) is 7.63. The number of aryl methyl sites for hydroxylation is 1. The first-order valence-electron chi connectivity index (χ1n) is 7.39. The fraction of sp³-hybridized carbons (Fsp3) is 0.562. The number of carbonyl (C=O) groups is 1. The molecule has 0 saturated carbocycles. The van der Waals surface area contributed by atoms with Gasteiger partial charge in [0.05, 0.1) is 5.92 Å². The molecule has 112 valence electrons. The van der Waals surface area contributed by atoms with E-state index in [0.717, 1.165) is 45.3 Å². The molecular weight excluding hydrogens is 272 g/mol. The summed E-state index contributed by atoms with van der Waals surface area (Å²) in [6.45, 7) is 4.73.